The summed E-state index contributed by atoms with van der Waals surface area (Å²) in [6, 6.07) is 20.2. The number of benzene rings is 3. The van der Waals surface area contributed by atoms with Crippen molar-refractivity contribution in [3.05, 3.63) is 89.4 Å². The van der Waals surface area contributed by atoms with Crippen molar-refractivity contribution in [3.8, 4) is 5.75 Å². The first-order valence-corrected chi connectivity index (χ1v) is 11.9. The van der Waals surface area contributed by atoms with Crippen LogP contribution in [0.3, 0.4) is 0 Å². The molecule has 0 atom stereocenters. The number of hydrogen-bond acceptors (Lipinski definition) is 4. The Morgan fingerprint density at radius 2 is 1.53 bits per heavy atom. The minimum Gasteiger partial charge on any atom is -0.406 e. The van der Waals surface area contributed by atoms with E-state index in [0.29, 0.717) is 15.6 Å². The van der Waals surface area contributed by atoms with Gasteiger partial charge in [0.05, 0.1) is 16.5 Å². The molecule has 0 fully saturated rings. The van der Waals surface area contributed by atoms with Gasteiger partial charge in [-0.2, -0.15) is 0 Å². The third kappa shape index (κ3) is 4.69. The Kier molecular flexibility index (Phi) is 6.07. The predicted octanol–water partition coefficient (Wildman–Crippen LogP) is 6.85. The van der Waals surface area contributed by atoms with E-state index in [4.69, 9.17) is 11.6 Å². The van der Waals surface area contributed by atoms with Crippen molar-refractivity contribution in [3.63, 3.8) is 0 Å². The summed E-state index contributed by atoms with van der Waals surface area (Å²) in [4.78, 5) is 0.0746. The van der Waals surface area contributed by atoms with Crippen LogP contribution < -0.4 is 9.04 Å². The minimum absolute atomic E-state index is 0.0746. The molecule has 1 heterocycles. The van der Waals surface area contributed by atoms with Crippen molar-refractivity contribution in [1.29, 1.82) is 0 Å². The first-order chi connectivity index (χ1) is 15.1. The second kappa shape index (κ2) is 8.65. The van der Waals surface area contributed by atoms with Gasteiger partial charge in [-0.15, -0.1) is 24.5 Å². The maximum absolute atomic E-state index is 13.5. The van der Waals surface area contributed by atoms with Gasteiger partial charge in [0.2, 0.25) is 0 Å². The van der Waals surface area contributed by atoms with Crippen LogP contribution in [-0.4, -0.2) is 14.8 Å². The highest BCUT2D eigenvalue weighted by atomic mass is 35.5. The van der Waals surface area contributed by atoms with Crippen LogP contribution in [-0.2, 0) is 16.6 Å². The van der Waals surface area contributed by atoms with E-state index in [2.05, 4.69) is 4.74 Å². The molecule has 0 radical (unpaired) electrons. The van der Waals surface area contributed by atoms with Gasteiger partial charge >= 0.3 is 6.36 Å². The summed E-state index contributed by atoms with van der Waals surface area (Å²) >= 11 is 7.79. The zero-order valence-corrected chi connectivity index (χ0v) is 18.6. The Morgan fingerprint density at radius 3 is 2.16 bits per heavy atom. The van der Waals surface area contributed by atoms with Crippen molar-refractivity contribution in [2.24, 2.45) is 0 Å². The highest BCUT2D eigenvalue weighted by molar-refractivity contribution is 7.93. The van der Waals surface area contributed by atoms with Crippen LogP contribution in [0.2, 0.25) is 5.02 Å². The highest BCUT2D eigenvalue weighted by Gasteiger charge is 2.32. The molecule has 166 valence electrons. The number of alkyl halides is 3. The summed E-state index contributed by atoms with van der Waals surface area (Å²) < 4.78 is 70.2. The van der Waals surface area contributed by atoms with Crippen LogP contribution in [0, 0.1) is 0 Å². The molecule has 32 heavy (non-hydrogen) atoms. The van der Waals surface area contributed by atoms with Gasteiger partial charge in [0.1, 0.15) is 10.8 Å². The van der Waals surface area contributed by atoms with Gasteiger partial charge in [-0.05, 0) is 35.9 Å². The molecular weight excluding hydrogens is 483 g/mol. The Hall–Kier alpha value is -2.75. The fraction of sp³-hybridized carbons (Fsp3) is 0.0909. The van der Waals surface area contributed by atoms with E-state index in [-0.39, 0.29) is 11.4 Å². The molecule has 4 aromatic rings. The van der Waals surface area contributed by atoms with Gasteiger partial charge in [-0.25, -0.2) is 8.42 Å². The average Bonchev–Trinajstić information content (AvgIpc) is 3.09. The molecule has 0 saturated carbocycles. The maximum Gasteiger partial charge on any atom is 0.573 e. The fourth-order valence-corrected chi connectivity index (χ4v) is 6.39. The van der Waals surface area contributed by atoms with Crippen molar-refractivity contribution in [1.82, 2.24) is 0 Å². The maximum atomic E-state index is 13.5. The van der Waals surface area contributed by atoms with Gasteiger partial charge in [0.15, 0.2) is 0 Å². The Labute approximate surface area is 191 Å². The van der Waals surface area contributed by atoms with Gasteiger partial charge in [0.25, 0.3) is 10.0 Å². The number of rotatable bonds is 6. The summed E-state index contributed by atoms with van der Waals surface area (Å²) in [6.45, 7) is -0.129. The monoisotopic (exact) mass is 497 g/mol. The van der Waals surface area contributed by atoms with Crippen molar-refractivity contribution < 1.29 is 26.3 Å². The van der Waals surface area contributed by atoms with Crippen LogP contribution >= 0.6 is 22.9 Å². The SMILES string of the molecule is O=S(=O)(c1ccccc1)N(Cc1ccc(OC(F)(F)F)cc1)c1sc2ccccc2c1Cl. The normalized spacial score (nSPS) is 12.1. The Morgan fingerprint density at radius 1 is 0.906 bits per heavy atom. The van der Waals surface area contributed by atoms with Gasteiger partial charge in [0, 0.05) is 10.1 Å². The summed E-state index contributed by atoms with van der Waals surface area (Å²) in [5.74, 6) is -0.390. The Bertz CT molecular complexity index is 1340. The van der Waals surface area contributed by atoms with E-state index in [1.807, 2.05) is 12.1 Å². The molecule has 0 bridgehead atoms. The van der Waals surface area contributed by atoms with Crippen LogP contribution in [0.15, 0.2) is 83.8 Å². The molecule has 1 aromatic heterocycles. The second-order valence-corrected chi connectivity index (χ2v) is 10.0. The smallest absolute Gasteiger partial charge is 0.406 e. The number of thiophene rings is 1. The van der Waals surface area contributed by atoms with E-state index in [1.165, 1.54) is 39.9 Å². The largest absolute Gasteiger partial charge is 0.573 e. The zero-order chi connectivity index (χ0) is 22.9. The van der Waals surface area contributed by atoms with E-state index in [9.17, 15) is 21.6 Å². The molecule has 0 saturated heterocycles. The minimum atomic E-state index is -4.81. The van der Waals surface area contributed by atoms with Crippen LogP contribution in [0.5, 0.6) is 5.75 Å². The number of sulfonamides is 1. The molecular formula is C22H15ClF3NO3S2. The number of fused-ring (bicyclic) bond motifs is 1. The topological polar surface area (TPSA) is 46.6 Å². The van der Waals surface area contributed by atoms with E-state index >= 15 is 0 Å². The molecule has 0 aliphatic carbocycles. The molecule has 0 N–H and O–H groups in total. The van der Waals surface area contributed by atoms with E-state index in [0.717, 1.165) is 22.2 Å². The molecule has 0 aliphatic heterocycles. The summed E-state index contributed by atoms with van der Waals surface area (Å²) in [5, 5.41) is 1.34. The zero-order valence-electron chi connectivity index (χ0n) is 16.2. The first kappa shape index (κ1) is 22.4. The Balaban J connectivity index is 1.77. The number of anilines is 1. The van der Waals surface area contributed by atoms with Gasteiger partial charge < -0.3 is 4.74 Å². The van der Waals surface area contributed by atoms with Crippen LogP contribution in [0.25, 0.3) is 10.1 Å². The van der Waals surface area contributed by atoms with E-state index < -0.39 is 22.1 Å². The number of ether oxygens (including phenoxy) is 1. The lowest BCUT2D eigenvalue weighted by molar-refractivity contribution is -0.274. The van der Waals surface area contributed by atoms with Gasteiger partial charge in [-0.1, -0.05) is 60.1 Å². The third-order valence-corrected chi connectivity index (χ3v) is 8.12. The summed E-state index contributed by atoms with van der Waals surface area (Å²) in [6.07, 6.45) is -4.81. The standard InChI is InChI=1S/C22H15ClF3NO3S2/c23-20-18-8-4-5-9-19(18)31-21(20)27(32(28,29)17-6-2-1-3-7-17)14-15-10-12-16(13-11-15)30-22(24,25)26/h1-13H,14H2. The third-order valence-electron chi connectivity index (χ3n) is 4.56. The van der Waals surface area contributed by atoms with Crippen molar-refractivity contribution in [2.75, 3.05) is 4.31 Å². The number of hydrogen-bond donors (Lipinski definition) is 0. The summed E-state index contributed by atoms with van der Waals surface area (Å²) in [7, 11) is -4.01. The molecule has 10 heteroatoms. The first-order valence-electron chi connectivity index (χ1n) is 9.25. The average molecular weight is 498 g/mol. The lowest BCUT2D eigenvalue weighted by atomic mass is 10.2. The lowest BCUT2D eigenvalue weighted by Crippen LogP contribution is -2.30. The highest BCUT2D eigenvalue weighted by Crippen LogP contribution is 2.44. The van der Waals surface area contributed by atoms with Crippen LogP contribution in [0.1, 0.15) is 5.56 Å². The molecule has 0 spiro atoms. The molecule has 4 nitrogen and oxygen atoms in total. The number of halogens is 4. The quantitative estimate of drug-likeness (QED) is 0.293. The number of nitrogens with zero attached hydrogens (tertiary/aromatic N) is 1. The molecule has 0 unspecified atom stereocenters. The van der Waals surface area contributed by atoms with Crippen molar-refractivity contribution >= 4 is 48.0 Å². The van der Waals surface area contributed by atoms with E-state index in [1.54, 1.807) is 30.3 Å². The fourth-order valence-electron chi connectivity index (χ4n) is 3.11. The van der Waals surface area contributed by atoms with Gasteiger partial charge in [-0.3, -0.25) is 4.31 Å². The van der Waals surface area contributed by atoms with Crippen LogP contribution in [0.4, 0.5) is 18.2 Å². The lowest BCUT2D eigenvalue weighted by Gasteiger charge is -2.24. The summed E-state index contributed by atoms with van der Waals surface area (Å²) in [5.41, 5.74) is 0.465. The molecule has 4 rings (SSSR count). The molecule has 3 aromatic carbocycles. The predicted molar refractivity (Wildman–Crippen MR) is 120 cm³/mol. The molecule has 0 amide bonds. The molecule has 0 aliphatic rings. The van der Waals surface area contributed by atoms with Crippen molar-refractivity contribution in [2.45, 2.75) is 17.8 Å². The second-order valence-electron chi connectivity index (χ2n) is 6.73.